The second-order valence-corrected chi connectivity index (χ2v) is 19.1. The van der Waals surface area contributed by atoms with Crippen molar-refractivity contribution in [1.29, 1.82) is 0 Å². The van der Waals surface area contributed by atoms with Crippen molar-refractivity contribution >= 4 is 63.1 Å². The van der Waals surface area contributed by atoms with Crippen molar-refractivity contribution in [3.8, 4) is 22.5 Å². The highest BCUT2D eigenvalue weighted by molar-refractivity contribution is 6.20. The smallest absolute Gasteiger partial charge is 0.207 e. The third-order valence-corrected chi connectivity index (χ3v) is 14.4. The summed E-state index contributed by atoms with van der Waals surface area (Å²) in [6, 6.07) is 49.6. The van der Waals surface area contributed by atoms with Crippen LogP contribution in [0, 0.1) is 0 Å². The molecule has 6 heteroatoms. The number of fused-ring (bicyclic) bond motifs is 10. The zero-order valence-corrected chi connectivity index (χ0v) is 41.5. The van der Waals surface area contributed by atoms with E-state index in [2.05, 4.69) is 241 Å². The van der Waals surface area contributed by atoms with Gasteiger partial charge in [0, 0.05) is 68.0 Å². The van der Waals surface area contributed by atoms with E-state index in [1.807, 2.05) is 24.3 Å². The third kappa shape index (κ3) is 8.12. The molecule has 6 nitrogen and oxygen atoms in total. The molecule has 0 fully saturated rings. The number of hydrogen-bond donors (Lipinski definition) is 1. The summed E-state index contributed by atoms with van der Waals surface area (Å²) in [5.74, 6) is 1.05. The summed E-state index contributed by atoms with van der Waals surface area (Å²) in [4.78, 5) is 12.9. The van der Waals surface area contributed by atoms with E-state index >= 15 is 0 Å². The number of aromatic nitrogens is 2. The summed E-state index contributed by atoms with van der Waals surface area (Å²) >= 11 is 0. The number of allylic oxidation sites excluding steroid dienone is 12. The molecule has 2 atom stereocenters. The summed E-state index contributed by atoms with van der Waals surface area (Å²) in [7, 11) is 0. The first-order valence-electron chi connectivity index (χ1n) is 25.5. The maximum atomic E-state index is 7.67. The first-order valence-corrected chi connectivity index (χ1v) is 25.5. The van der Waals surface area contributed by atoms with Crippen molar-refractivity contribution < 1.29 is 0 Å². The van der Waals surface area contributed by atoms with Gasteiger partial charge in [-0.05, 0) is 96.2 Å². The highest BCUT2D eigenvalue weighted by atomic mass is 15.3. The second-order valence-electron chi connectivity index (χ2n) is 19.1. The Morgan fingerprint density at radius 3 is 2.40 bits per heavy atom. The van der Waals surface area contributed by atoms with Gasteiger partial charge in [0.1, 0.15) is 0 Å². The molecule has 354 valence electrons. The van der Waals surface area contributed by atoms with E-state index in [0.717, 1.165) is 90.9 Å². The summed E-state index contributed by atoms with van der Waals surface area (Å²) in [6.07, 6.45) is 32.7. The number of nitrogens with zero attached hydrogens (tertiary/aromatic N) is 5. The Labute approximate surface area is 427 Å². The van der Waals surface area contributed by atoms with Crippen LogP contribution in [0.2, 0.25) is 0 Å². The van der Waals surface area contributed by atoms with Crippen molar-refractivity contribution in [3.63, 3.8) is 0 Å². The Morgan fingerprint density at radius 2 is 1.58 bits per heavy atom. The van der Waals surface area contributed by atoms with Crippen LogP contribution >= 0.6 is 0 Å². The number of para-hydroxylation sites is 2. The Morgan fingerprint density at radius 1 is 0.767 bits per heavy atom. The lowest BCUT2D eigenvalue weighted by Crippen LogP contribution is -2.40. The van der Waals surface area contributed by atoms with E-state index in [-0.39, 0.29) is 11.8 Å². The van der Waals surface area contributed by atoms with E-state index in [4.69, 9.17) is 15.7 Å². The predicted molar refractivity (Wildman–Crippen MR) is 309 cm³/mol. The average Bonchev–Trinajstić information content (AvgIpc) is 3.68. The number of rotatable bonds is 9. The van der Waals surface area contributed by atoms with Crippen LogP contribution in [0.3, 0.4) is 0 Å². The van der Waals surface area contributed by atoms with Gasteiger partial charge < -0.3 is 14.9 Å². The second kappa shape index (κ2) is 19.3. The lowest BCUT2D eigenvalue weighted by Gasteiger charge is -2.36. The molecule has 3 aliphatic carbocycles. The highest BCUT2D eigenvalue weighted by Crippen LogP contribution is 2.52. The molecular formula is C67H56N6. The standard InChI is InChI=1S/C67H56N6/c1-4-21-47(22-5-2)48-37-39-49(40-38-48)51-28-20-24-46(41-51)44-69-66(50-25-9-6-10-26-50)70-67(68)72-54-31-16-15-27-52(42-54)62-61(73-60-35-14-8-13-32-55(60)57-34-19-23-45(3)63(57)73)43-58-56-33-17-18-36-59(56)71(64(58)65(62)72)53-29-11-7-12-30-53/h4,6-13,15-22,24-43,45,52H,5,23,44H2,1-3H3,(H2,68,69,70)/b21-4-,47-22+. The van der Waals surface area contributed by atoms with Crippen molar-refractivity contribution in [3.05, 3.63) is 263 Å². The van der Waals surface area contributed by atoms with Crippen LogP contribution in [0.15, 0.2) is 228 Å². The summed E-state index contributed by atoms with van der Waals surface area (Å²) in [5.41, 5.74) is 30.1. The Balaban J connectivity index is 1.07. The normalized spacial score (nSPS) is 17.1. The molecule has 2 N–H and O–H groups in total. The van der Waals surface area contributed by atoms with Crippen molar-refractivity contribution in [1.82, 2.24) is 9.13 Å². The minimum Gasteiger partial charge on any atom is -0.369 e. The number of amidine groups is 1. The summed E-state index contributed by atoms with van der Waals surface area (Å²) < 4.78 is 4.94. The lowest BCUT2D eigenvalue weighted by molar-refractivity contribution is 0.714. The molecule has 0 radical (unpaired) electrons. The molecule has 2 aromatic heterocycles. The minimum atomic E-state index is -0.0940. The maximum absolute atomic E-state index is 7.67. The SMILES string of the molecule is C/C=C\C(=C/CC)c1ccc(-c2cccc(CN=C(N=C(N)N3C4=CC(C=CC=C4)c4c(-n5c6c(c7c5C(C)CC=C7)C=CC=C=C6)cc5c6ccccc6n(-c6ccccc6)c5c43)c3ccccc3)c2)cc1. The van der Waals surface area contributed by atoms with Crippen LogP contribution in [0.1, 0.15) is 90.2 Å². The van der Waals surface area contributed by atoms with Gasteiger partial charge in [-0.3, -0.25) is 9.89 Å². The zero-order valence-electron chi connectivity index (χ0n) is 41.5. The molecule has 6 aromatic carbocycles. The first-order chi connectivity index (χ1) is 36.0. The van der Waals surface area contributed by atoms with Gasteiger partial charge in [-0.2, -0.15) is 4.99 Å². The number of hydrogen-bond acceptors (Lipinski definition) is 1. The van der Waals surface area contributed by atoms with Crippen LogP contribution in [0.5, 0.6) is 0 Å². The molecule has 0 amide bonds. The summed E-state index contributed by atoms with van der Waals surface area (Å²) in [5, 5.41) is 2.28. The molecule has 8 aromatic rings. The lowest BCUT2D eigenvalue weighted by atomic mass is 9.88. The fourth-order valence-corrected chi connectivity index (χ4v) is 11.2. The maximum Gasteiger partial charge on any atom is 0.207 e. The average molecular weight is 945 g/mol. The van der Waals surface area contributed by atoms with Crippen LogP contribution in [0.25, 0.3) is 68.1 Å². The van der Waals surface area contributed by atoms with E-state index < -0.39 is 0 Å². The fraction of sp³-hybridized carbons (Fsp3) is 0.119. The van der Waals surface area contributed by atoms with Gasteiger partial charge in [-0.1, -0.05) is 184 Å². The molecular weight excluding hydrogens is 889 g/mol. The molecule has 3 heterocycles. The fourth-order valence-electron chi connectivity index (χ4n) is 11.2. The van der Waals surface area contributed by atoms with Crippen LogP contribution in [0.4, 0.5) is 5.69 Å². The van der Waals surface area contributed by atoms with E-state index in [9.17, 15) is 0 Å². The van der Waals surface area contributed by atoms with Crippen molar-refractivity contribution in [2.75, 3.05) is 4.90 Å². The quantitative estimate of drug-likeness (QED) is 0.0678. The van der Waals surface area contributed by atoms with Gasteiger partial charge in [0.25, 0.3) is 0 Å². The molecule has 2 bridgehead atoms. The molecule has 0 saturated carbocycles. The van der Waals surface area contributed by atoms with Crippen molar-refractivity contribution in [2.24, 2.45) is 15.7 Å². The molecule has 0 spiro atoms. The molecule has 2 unspecified atom stereocenters. The van der Waals surface area contributed by atoms with Gasteiger partial charge in [0.15, 0.2) is 5.84 Å². The predicted octanol–water partition coefficient (Wildman–Crippen LogP) is 16.2. The number of anilines is 1. The monoisotopic (exact) mass is 944 g/mol. The number of aliphatic imine (C=N–C) groups is 2. The van der Waals surface area contributed by atoms with Crippen LogP contribution in [-0.4, -0.2) is 20.9 Å². The van der Waals surface area contributed by atoms with E-state index in [1.54, 1.807) is 0 Å². The van der Waals surface area contributed by atoms with Gasteiger partial charge in [0.2, 0.25) is 5.96 Å². The van der Waals surface area contributed by atoms with Crippen LogP contribution in [-0.2, 0) is 6.54 Å². The molecule has 4 aliphatic rings. The zero-order chi connectivity index (χ0) is 49.4. The Bertz CT molecular complexity index is 3830. The Kier molecular flexibility index (Phi) is 12.0. The highest BCUT2D eigenvalue weighted by Gasteiger charge is 2.37. The van der Waals surface area contributed by atoms with Gasteiger partial charge in [-0.25, -0.2) is 0 Å². The van der Waals surface area contributed by atoms with E-state index in [0.29, 0.717) is 18.3 Å². The van der Waals surface area contributed by atoms with Gasteiger partial charge in [0.05, 0.1) is 34.6 Å². The number of benzene rings is 6. The molecule has 12 rings (SSSR count). The topological polar surface area (TPSA) is 63.8 Å². The van der Waals surface area contributed by atoms with Gasteiger partial charge in [-0.15, -0.1) is 5.73 Å². The van der Waals surface area contributed by atoms with Gasteiger partial charge >= 0.3 is 0 Å². The minimum absolute atomic E-state index is 0.0940. The van der Waals surface area contributed by atoms with E-state index in [1.165, 1.54) is 28.0 Å². The number of guanidine groups is 1. The first kappa shape index (κ1) is 45.2. The molecule has 73 heavy (non-hydrogen) atoms. The Hall–Kier alpha value is -8.96. The van der Waals surface area contributed by atoms with Crippen LogP contribution < -0.4 is 10.6 Å². The largest absolute Gasteiger partial charge is 0.369 e. The number of nitrogens with two attached hydrogens (primary N) is 1. The molecule has 0 saturated heterocycles. The van der Waals surface area contributed by atoms with Crippen molar-refractivity contribution in [2.45, 2.75) is 52.0 Å². The summed E-state index contributed by atoms with van der Waals surface area (Å²) in [6.45, 7) is 7.00. The molecule has 1 aliphatic heterocycles. The third-order valence-electron chi connectivity index (χ3n) is 14.4.